The Hall–Kier alpha value is -2.52. The molecule has 1 aliphatic carbocycles. The van der Waals surface area contributed by atoms with E-state index in [9.17, 15) is 23.3 Å². The van der Waals surface area contributed by atoms with Gasteiger partial charge in [0.25, 0.3) is 0 Å². The van der Waals surface area contributed by atoms with Crippen LogP contribution >= 0.6 is 0 Å². The normalized spacial score (nSPS) is 31.9. The summed E-state index contributed by atoms with van der Waals surface area (Å²) in [6.45, 7) is 2.81. The fourth-order valence-electron chi connectivity index (χ4n) is 6.03. The molecule has 3 saturated heterocycles. The molecule has 2 amide bonds. The highest BCUT2D eigenvalue weighted by atomic mass is 32.2. The number of fused-ring (bicyclic) bond motifs is 3. The minimum absolute atomic E-state index is 0.0224. The molecule has 1 aromatic rings. The quantitative estimate of drug-likeness (QED) is 0.543. The van der Waals surface area contributed by atoms with Crippen molar-refractivity contribution >= 4 is 21.8 Å². The van der Waals surface area contributed by atoms with E-state index < -0.39 is 22.1 Å². The Morgan fingerprint density at radius 2 is 2.09 bits per heavy atom. The number of piperidine rings is 1. The van der Waals surface area contributed by atoms with E-state index in [0.29, 0.717) is 18.9 Å². The molecule has 3 aliphatic heterocycles. The first-order valence-electron chi connectivity index (χ1n) is 11.7. The molecule has 0 spiro atoms. The van der Waals surface area contributed by atoms with Crippen molar-refractivity contribution in [2.24, 2.45) is 11.7 Å². The second-order valence-corrected chi connectivity index (χ2v) is 11.7. The number of nitrogens with one attached hydrogen (secondary N) is 1. The number of carbonyl (C=O) groups excluding carboxylic acids is 2. The Kier molecular flexibility index (Phi) is 5.67. The molecule has 3 heterocycles. The number of nitriles is 1. The topological polar surface area (TPSA) is 140 Å². The van der Waals surface area contributed by atoms with Crippen molar-refractivity contribution in [1.82, 2.24) is 19.4 Å². The molecule has 1 unspecified atom stereocenters. The molecule has 5 rings (SSSR count). The van der Waals surface area contributed by atoms with E-state index in [1.807, 2.05) is 22.8 Å². The fourth-order valence-corrected chi connectivity index (χ4v) is 6.81. The number of nitrogens with zero attached hydrogens (tertiary/aromatic N) is 4. The van der Waals surface area contributed by atoms with Gasteiger partial charge in [0.1, 0.15) is 6.04 Å². The van der Waals surface area contributed by atoms with Crippen molar-refractivity contribution in [2.45, 2.75) is 67.3 Å². The molecule has 1 aromatic carbocycles. The van der Waals surface area contributed by atoms with Gasteiger partial charge in [0, 0.05) is 25.2 Å². The number of benzene rings is 1. The van der Waals surface area contributed by atoms with Gasteiger partial charge in [-0.15, -0.1) is 0 Å². The van der Waals surface area contributed by atoms with E-state index in [4.69, 9.17) is 5.73 Å². The zero-order valence-electron chi connectivity index (χ0n) is 19.3. The lowest BCUT2D eigenvalue weighted by Crippen LogP contribution is -2.57. The third-order valence-electron chi connectivity index (χ3n) is 7.91. The number of likely N-dealkylation sites (tertiary alicyclic amines) is 3. The van der Waals surface area contributed by atoms with Crippen molar-refractivity contribution in [3.05, 3.63) is 29.8 Å². The summed E-state index contributed by atoms with van der Waals surface area (Å²) >= 11 is 0. The van der Waals surface area contributed by atoms with Crippen LogP contribution < -0.4 is 10.5 Å². The maximum Gasteiger partial charge on any atom is 0.242 e. The summed E-state index contributed by atoms with van der Waals surface area (Å²) in [5.41, 5.74) is 7.03. The zero-order valence-corrected chi connectivity index (χ0v) is 20.1. The van der Waals surface area contributed by atoms with Crippen LogP contribution in [0.5, 0.6) is 0 Å². The van der Waals surface area contributed by atoms with Crippen LogP contribution in [0.3, 0.4) is 0 Å². The van der Waals surface area contributed by atoms with Crippen LogP contribution in [0.4, 0.5) is 0 Å². The second kappa shape index (κ2) is 8.30. The van der Waals surface area contributed by atoms with Gasteiger partial charge in [0.05, 0.1) is 29.1 Å². The first-order valence-corrected chi connectivity index (χ1v) is 13.2. The van der Waals surface area contributed by atoms with E-state index in [1.165, 1.54) is 13.1 Å². The maximum absolute atomic E-state index is 13.3. The fraction of sp³-hybridized carbons (Fsp3) is 0.609. The summed E-state index contributed by atoms with van der Waals surface area (Å²) in [4.78, 5) is 31.9. The highest BCUT2D eigenvalue weighted by molar-refractivity contribution is 7.89. The Morgan fingerprint density at radius 1 is 1.32 bits per heavy atom. The van der Waals surface area contributed by atoms with Gasteiger partial charge in [-0.25, -0.2) is 13.1 Å². The van der Waals surface area contributed by atoms with Gasteiger partial charge in [-0.1, -0.05) is 12.1 Å². The summed E-state index contributed by atoms with van der Waals surface area (Å²) in [6, 6.07) is 7.23. The molecule has 11 heteroatoms. The molecule has 0 radical (unpaired) electrons. The van der Waals surface area contributed by atoms with E-state index in [2.05, 4.69) is 10.8 Å². The predicted molar refractivity (Wildman–Crippen MR) is 122 cm³/mol. The zero-order chi connectivity index (χ0) is 24.4. The van der Waals surface area contributed by atoms with Gasteiger partial charge >= 0.3 is 0 Å². The first kappa shape index (κ1) is 23.2. The lowest BCUT2D eigenvalue weighted by molar-refractivity contribution is -0.141. The summed E-state index contributed by atoms with van der Waals surface area (Å²) in [7, 11) is -2.21. The molecule has 34 heavy (non-hydrogen) atoms. The Balaban J connectivity index is 1.25. The van der Waals surface area contributed by atoms with Gasteiger partial charge in [-0.3, -0.25) is 14.5 Å². The standard InChI is InChI=1S/C23H30N6O4S/c1-13(14-4-3-5-18(7-14)34(32,33)26-2)28-17-9-21(23(28)31)27(11-17)12-19(25)22(30)29-16(10-24)6-15-8-20(15)29/h3-5,7,13,15-17,19-21,26H,6,8-9,11-12,25H2,1-2H3/t13-,15?,16+,17-,19+,20+,21-/m1/s1. The molecule has 0 aromatic heterocycles. The van der Waals surface area contributed by atoms with Gasteiger partial charge in [0.15, 0.2) is 0 Å². The highest BCUT2D eigenvalue weighted by Crippen LogP contribution is 2.48. The van der Waals surface area contributed by atoms with Crippen molar-refractivity contribution in [2.75, 3.05) is 20.1 Å². The van der Waals surface area contributed by atoms with Gasteiger partial charge in [-0.2, -0.15) is 5.26 Å². The summed E-state index contributed by atoms with van der Waals surface area (Å²) in [5, 5.41) is 9.38. The molecular formula is C23H30N6O4S. The molecule has 7 atom stereocenters. The Bertz CT molecular complexity index is 1170. The van der Waals surface area contributed by atoms with Crippen molar-refractivity contribution < 1.29 is 18.0 Å². The largest absolute Gasteiger partial charge is 0.330 e. The Labute approximate surface area is 199 Å². The number of sulfonamides is 1. The molecule has 4 aliphatic rings. The maximum atomic E-state index is 13.3. The second-order valence-electron chi connectivity index (χ2n) is 9.86. The molecule has 4 fully saturated rings. The number of piperazine rings is 1. The summed E-state index contributed by atoms with van der Waals surface area (Å²) in [5.74, 6) is 0.213. The highest BCUT2D eigenvalue weighted by Gasteiger charge is 2.56. The van der Waals surface area contributed by atoms with Crippen LogP contribution in [-0.2, 0) is 19.6 Å². The lowest BCUT2D eigenvalue weighted by atomic mass is 10.1. The number of rotatable bonds is 7. The van der Waals surface area contributed by atoms with E-state index in [-0.39, 0.29) is 47.4 Å². The molecule has 1 saturated carbocycles. The molecule has 3 N–H and O–H groups in total. The minimum Gasteiger partial charge on any atom is -0.330 e. The van der Waals surface area contributed by atoms with Crippen LogP contribution in [0.1, 0.15) is 37.8 Å². The van der Waals surface area contributed by atoms with Crippen LogP contribution in [-0.4, -0.2) is 85.3 Å². The lowest BCUT2D eigenvalue weighted by Gasteiger charge is -2.38. The van der Waals surface area contributed by atoms with Crippen molar-refractivity contribution in [3.63, 3.8) is 0 Å². The number of amides is 2. The minimum atomic E-state index is -3.58. The monoisotopic (exact) mass is 486 g/mol. The summed E-state index contributed by atoms with van der Waals surface area (Å²) in [6.07, 6.45) is 2.34. The Morgan fingerprint density at radius 3 is 2.76 bits per heavy atom. The van der Waals surface area contributed by atoms with Gasteiger partial charge < -0.3 is 15.5 Å². The van der Waals surface area contributed by atoms with E-state index >= 15 is 0 Å². The average Bonchev–Trinajstić information content (AvgIpc) is 3.15. The van der Waals surface area contributed by atoms with E-state index in [1.54, 1.807) is 17.0 Å². The van der Waals surface area contributed by atoms with Gasteiger partial charge in [0.2, 0.25) is 21.8 Å². The molecular weight excluding hydrogens is 456 g/mol. The van der Waals surface area contributed by atoms with Crippen LogP contribution in [0, 0.1) is 17.2 Å². The number of hydrogen-bond donors (Lipinski definition) is 2. The van der Waals surface area contributed by atoms with Crippen LogP contribution in [0.2, 0.25) is 0 Å². The molecule has 10 nitrogen and oxygen atoms in total. The predicted octanol–water partition coefficient (Wildman–Crippen LogP) is -0.219. The molecule has 182 valence electrons. The number of carbonyl (C=O) groups is 2. The summed E-state index contributed by atoms with van der Waals surface area (Å²) < 4.78 is 26.7. The van der Waals surface area contributed by atoms with Crippen molar-refractivity contribution in [3.8, 4) is 6.07 Å². The van der Waals surface area contributed by atoms with Crippen LogP contribution in [0.25, 0.3) is 0 Å². The smallest absolute Gasteiger partial charge is 0.242 e. The van der Waals surface area contributed by atoms with Crippen molar-refractivity contribution in [1.29, 1.82) is 5.26 Å². The SMILES string of the molecule is CNS(=O)(=O)c1cccc([C@@H](C)N2C(=O)[C@H]3C[C@@H]2CN3C[C@H](N)C(=O)N2[C@H](C#N)CC3C[C@@H]32)c1. The first-order chi connectivity index (χ1) is 16.2. The van der Waals surface area contributed by atoms with Crippen LogP contribution in [0.15, 0.2) is 29.2 Å². The van der Waals surface area contributed by atoms with E-state index in [0.717, 1.165) is 18.4 Å². The number of nitrogens with two attached hydrogens (primary N) is 1. The molecule has 2 bridgehead atoms. The third kappa shape index (κ3) is 3.69. The third-order valence-corrected chi connectivity index (χ3v) is 9.32. The average molecular weight is 487 g/mol. The van der Waals surface area contributed by atoms with Gasteiger partial charge in [-0.05, 0) is 56.8 Å². The number of hydrogen-bond acceptors (Lipinski definition) is 7.